The molecule has 0 aliphatic carbocycles. The van der Waals surface area contributed by atoms with E-state index >= 15 is 0 Å². The van der Waals surface area contributed by atoms with Crippen molar-refractivity contribution in [2.24, 2.45) is 7.05 Å². The molecule has 0 N–H and O–H groups in total. The molecule has 0 bridgehead atoms. The largest absolute Gasteiger partial charge is 0.456 e. The quantitative estimate of drug-likeness (QED) is 0.316. The van der Waals surface area contributed by atoms with Crippen LogP contribution >= 0.6 is 0 Å². The van der Waals surface area contributed by atoms with Gasteiger partial charge in [-0.15, -0.1) is 0 Å². The summed E-state index contributed by atoms with van der Waals surface area (Å²) in [5.41, 5.74) is 5.79. The molecule has 0 fully saturated rings. The van der Waals surface area contributed by atoms with Gasteiger partial charge in [-0.3, -0.25) is 0 Å². The Morgan fingerprint density at radius 3 is 2.24 bits per heavy atom. The van der Waals surface area contributed by atoms with Gasteiger partial charge in [0.25, 0.3) is 0 Å². The average molecular weight is 327 g/mol. The fraction of sp³-hybridized carbons (Fsp3) is 0.217. The van der Waals surface area contributed by atoms with Gasteiger partial charge in [-0.05, 0) is 23.6 Å². The highest BCUT2D eigenvalue weighted by atomic mass is 16.3. The minimum Gasteiger partial charge on any atom is -0.456 e. The van der Waals surface area contributed by atoms with Gasteiger partial charge in [-0.25, -0.2) is 0 Å². The maximum Gasteiger partial charge on any atom is 0.139 e. The van der Waals surface area contributed by atoms with E-state index in [9.17, 15) is 0 Å². The topological polar surface area (TPSA) is 18.1 Å². The Morgan fingerprint density at radius 1 is 0.800 bits per heavy atom. The van der Waals surface area contributed by atoms with Gasteiger partial charge in [0, 0.05) is 39.7 Å². The summed E-state index contributed by atoms with van der Waals surface area (Å²) in [4.78, 5) is 0. The lowest BCUT2D eigenvalue weighted by molar-refractivity contribution is 0.573. The molecule has 0 spiro atoms. The molecule has 124 valence electrons. The number of benzene rings is 3. The van der Waals surface area contributed by atoms with Gasteiger partial charge in [0.2, 0.25) is 0 Å². The number of rotatable bonds is 0. The Kier molecular flexibility index (Phi) is 2.72. The van der Waals surface area contributed by atoms with Gasteiger partial charge in [0.05, 0.1) is 5.52 Å². The third-order valence-electron chi connectivity index (χ3n) is 5.33. The van der Waals surface area contributed by atoms with Gasteiger partial charge < -0.3 is 8.98 Å². The number of furan rings is 1. The zero-order chi connectivity index (χ0) is 17.3. The summed E-state index contributed by atoms with van der Waals surface area (Å²) in [5, 5.41) is 5.03. The van der Waals surface area contributed by atoms with Crippen molar-refractivity contribution in [2.45, 2.75) is 26.2 Å². The molecular formula is C23H21NO. The minimum atomic E-state index is 0.0107. The molecule has 2 heterocycles. The van der Waals surface area contributed by atoms with Gasteiger partial charge in [0.15, 0.2) is 0 Å². The van der Waals surface area contributed by atoms with Crippen molar-refractivity contribution in [3.8, 4) is 0 Å². The summed E-state index contributed by atoms with van der Waals surface area (Å²) in [6.07, 6.45) is 0. The van der Waals surface area contributed by atoms with Crippen LogP contribution in [0.15, 0.2) is 59.0 Å². The second-order valence-electron chi connectivity index (χ2n) is 7.95. The van der Waals surface area contributed by atoms with Crippen molar-refractivity contribution in [2.75, 3.05) is 0 Å². The molecule has 0 saturated heterocycles. The van der Waals surface area contributed by atoms with E-state index in [2.05, 4.69) is 80.9 Å². The predicted octanol–water partition coefficient (Wildman–Crippen LogP) is 6.53. The first kappa shape index (κ1) is 14.6. The van der Waals surface area contributed by atoms with E-state index in [4.69, 9.17) is 4.42 Å². The number of hydrogen-bond acceptors (Lipinski definition) is 1. The van der Waals surface area contributed by atoms with Crippen LogP contribution in [0.4, 0.5) is 0 Å². The molecule has 0 unspecified atom stereocenters. The highest BCUT2D eigenvalue weighted by Crippen LogP contribution is 2.43. The Morgan fingerprint density at radius 2 is 1.48 bits per heavy atom. The van der Waals surface area contributed by atoms with Crippen molar-refractivity contribution >= 4 is 43.7 Å². The lowest BCUT2D eigenvalue weighted by atomic mass is 9.85. The van der Waals surface area contributed by atoms with Crippen LogP contribution in [0.1, 0.15) is 26.3 Å². The van der Waals surface area contributed by atoms with E-state index in [1.807, 2.05) is 6.07 Å². The third kappa shape index (κ3) is 1.85. The van der Waals surface area contributed by atoms with E-state index in [1.165, 1.54) is 38.1 Å². The third-order valence-corrected chi connectivity index (χ3v) is 5.33. The number of hydrogen-bond donors (Lipinski definition) is 0. The van der Waals surface area contributed by atoms with Gasteiger partial charge >= 0.3 is 0 Å². The Hall–Kier alpha value is -2.74. The molecule has 0 saturated carbocycles. The van der Waals surface area contributed by atoms with Gasteiger partial charge in [-0.1, -0.05) is 57.2 Å². The highest BCUT2D eigenvalue weighted by molar-refractivity contribution is 6.27. The summed E-state index contributed by atoms with van der Waals surface area (Å²) in [6.45, 7) is 6.76. The van der Waals surface area contributed by atoms with Crippen molar-refractivity contribution in [1.82, 2.24) is 4.57 Å². The second-order valence-corrected chi connectivity index (χ2v) is 7.95. The second kappa shape index (κ2) is 4.66. The van der Waals surface area contributed by atoms with E-state index < -0.39 is 0 Å². The monoisotopic (exact) mass is 327 g/mol. The van der Waals surface area contributed by atoms with Crippen LogP contribution in [0.25, 0.3) is 43.7 Å². The normalized spacial score (nSPS) is 12.8. The van der Waals surface area contributed by atoms with Crippen LogP contribution < -0.4 is 0 Å². The lowest BCUT2D eigenvalue weighted by Gasteiger charge is -2.20. The number of fused-ring (bicyclic) bond motifs is 7. The Bertz CT molecular complexity index is 1280. The van der Waals surface area contributed by atoms with Crippen molar-refractivity contribution in [1.29, 1.82) is 0 Å². The number of nitrogens with zero attached hydrogens (tertiary/aromatic N) is 1. The van der Waals surface area contributed by atoms with E-state index in [1.54, 1.807) is 0 Å². The average Bonchev–Trinajstić information content (AvgIpc) is 3.10. The zero-order valence-corrected chi connectivity index (χ0v) is 15.1. The summed E-state index contributed by atoms with van der Waals surface area (Å²) < 4.78 is 8.67. The zero-order valence-electron chi connectivity index (χ0n) is 15.1. The molecule has 0 aliphatic heterocycles. The Labute approximate surface area is 146 Å². The molecule has 0 radical (unpaired) electrons. The molecule has 2 aromatic heterocycles. The molecule has 25 heavy (non-hydrogen) atoms. The first-order valence-electron chi connectivity index (χ1n) is 8.78. The van der Waals surface area contributed by atoms with Crippen LogP contribution in [-0.2, 0) is 12.5 Å². The van der Waals surface area contributed by atoms with Crippen LogP contribution in [-0.4, -0.2) is 4.57 Å². The molecular weight excluding hydrogens is 306 g/mol. The molecule has 0 atom stereocenters. The predicted molar refractivity (Wildman–Crippen MR) is 106 cm³/mol. The molecule has 5 aromatic rings. The molecule has 2 nitrogen and oxygen atoms in total. The number of aryl methyl sites for hydroxylation is 1. The van der Waals surface area contributed by atoms with Gasteiger partial charge in [0.1, 0.15) is 11.2 Å². The molecule has 0 aliphatic rings. The van der Waals surface area contributed by atoms with Crippen LogP contribution in [0.3, 0.4) is 0 Å². The van der Waals surface area contributed by atoms with Crippen LogP contribution in [0.5, 0.6) is 0 Å². The maximum absolute atomic E-state index is 6.37. The number of aromatic nitrogens is 1. The summed E-state index contributed by atoms with van der Waals surface area (Å²) >= 11 is 0. The van der Waals surface area contributed by atoms with Gasteiger partial charge in [-0.2, -0.15) is 0 Å². The molecule has 0 amide bonds. The Balaban J connectivity index is 2.18. The van der Waals surface area contributed by atoms with Crippen LogP contribution in [0, 0.1) is 0 Å². The van der Waals surface area contributed by atoms with E-state index in [0.717, 1.165) is 11.2 Å². The summed E-state index contributed by atoms with van der Waals surface area (Å²) in [6, 6.07) is 19.3. The van der Waals surface area contributed by atoms with Crippen molar-refractivity contribution < 1.29 is 4.42 Å². The first-order chi connectivity index (χ1) is 12.0. The fourth-order valence-corrected chi connectivity index (χ4v) is 4.09. The molecule has 5 rings (SSSR count). The molecule has 2 heteroatoms. The lowest BCUT2D eigenvalue weighted by Crippen LogP contribution is -2.11. The first-order valence-corrected chi connectivity index (χ1v) is 8.78. The number of para-hydroxylation sites is 2. The smallest absolute Gasteiger partial charge is 0.139 e. The molecule has 3 aromatic carbocycles. The van der Waals surface area contributed by atoms with E-state index in [0.29, 0.717) is 0 Å². The van der Waals surface area contributed by atoms with Crippen molar-refractivity contribution in [3.63, 3.8) is 0 Å². The van der Waals surface area contributed by atoms with E-state index in [-0.39, 0.29) is 5.41 Å². The summed E-state index contributed by atoms with van der Waals surface area (Å²) in [7, 11) is 2.16. The maximum atomic E-state index is 6.37. The SMILES string of the molecule is Cn1c2ccccc2c2c3c(oc4ccccc43)c(C(C)(C)C)cc21. The standard InChI is InChI=1S/C23H21NO/c1-23(2,3)16-13-18-20(14-9-5-7-11-17(14)24(18)4)21-15-10-6-8-12-19(15)25-22(16)21/h5-13H,1-4H3. The highest BCUT2D eigenvalue weighted by Gasteiger charge is 2.25. The minimum absolute atomic E-state index is 0.0107. The van der Waals surface area contributed by atoms with Crippen LogP contribution in [0.2, 0.25) is 0 Å². The van der Waals surface area contributed by atoms with Crippen molar-refractivity contribution in [3.05, 3.63) is 60.2 Å². The summed E-state index contributed by atoms with van der Waals surface area (Å²) in [5.74, 6) is 0. The fourth-order valence-electron chi connectivity index (χ4n) is 4.09.